The number of Topliss-reactive ketones (excluding diaryl/α,β-unsaturated/α-hetero) is 1. The Kier molecular flexibility index (Phi) is 5.98. The van der Waals surface area contributed by atoms with Gasteiger partial charge in [-0.3, -0.25) is 9.59 Å². The van der Waals surface area contributed by atoms with Crippen LogP contribution in [0.1, 0.15) is 46.9 Å². The number of rotatable bonds is 7. The lowest BCUT2D eigenvalue weighted by Gasteiger charge is -2.17. The van der Waals surface area contributed by atoms with Crippen LogP contribution in [0.15, 0.2) is 30.6 Å². The second-order valence-corrected chi connectivity index (χ2v) is 8.10. The number of ether oxygens (including phenoxy) is 1. The van der Waals surface area contributed by atoms with Crippen LogP contribution in [0.3, 0.4) is 0 Å². The molecule has 1 fully saturated rings. The molecule has 3 aromatic rings. The van der Waals surface area contributed by atoms with Gasteiger partial charge in [0.15, 0.2) is 5.78 Å². The van der Waals surface area contributed by atoms with Gasteiger partial charge in [0.2, 0.25) is 0 Å². The van der Waals surface area contributed by atoms with E-state index >= 15 is 0 Å². The number of hydrogen-bond acceptors (Lipinski definition) is 6. The summed E-state index contributed by atoms with van der Waals surface area (Å²) >= 11 is 13.0. The van der Waals surface area contributed by atoms with Gasteiger partial charge in [-0.1, -0.05) is 29.3 Å². The predicted octanol–water partition coefficient (Wildman–Crippen LogP) is 5.15. The fraction of sp³-hybridized carbons (Fsp3) is 0.273. The van der Waals surface area contributed by atoms with Crippen LogP contribution in [-0.2, 0) is 0 Å². The van der Waals surface area contributed by atoms with Crippen molar-refractivity contribution in [2.45, 2.75) is 26.2 Å². The van der Waals surface area contributed by atoms with Crippen molar-refractivity contribution in [3.63, 3.8) is 0 Å². The second-order valence-electron chi connectivity index (χ2n) is 7.34. The summed E-state index contributed by atoms with van der Waals surface area (Å²) in [5.41, 5.74) is 6.96. The van der Waals surface area contributed by atoms with Crippen LogP contribution in [0, 0.1) is 5.92 Å². The number of nitrogens with two attached hydrogens (primary N) is 1. The Morgan fingerprint density at radius 3 is 2.68 bits per heavy atom. The Bertz CT molecular complexity index is 1200. The normalized spacial score (nSPS) is 13.3. The van der Waals surface area contributed by atoms with Crippen molar-refractivity contribution >= 4 is 57.3 Å². The zero-order chi connectivity index (χ0) is 22.1. The minimum atomic E-state index is -0.498. The number of nitrogens with zero attached hydrogens (tertiary/aromatic N) is 2. The van der Waals surface area contributed by atoms with Crippen molar-refractivity contribution in [2.24, 2.45) is 5.92 Å². The number of nitrogen functional groups attached to an aromatic ring is 1. The van der Waals surface area contributed by atoms with E-state index in [4.69, 9.17) is 33.7 Å². The summed E-state index contributed by atoms with van der Waals surface area (Å²) in [5.74, 6) is 0.330. The molecule has 0 saturated heterocycles. The number of ketones is 1. The molecule has 9 heteroatoms. The van der Waals surface area contributed by atoms with Gasteiger partial charge in [-0.2, -0.15) is 0 Å². The number of hydrogen-bond donors (Lipinski definition) is 2. The molecule has 160 valence electrons. The number of anilines is 2. The van der Waals surface area contributed by atoms with E-state index in [1.807, 2.05) is 0 Å². The molecule has 0 atom stereocenters. The molecule has 1 aliphatic rings. The number of fused-ring (bicyclic) bond motifs is 1. The van der Waals surface area contributed by atoms with Crippen LogP contribution in [0.2, 0.25) is 10.0 Å². The van der Waals surface area contributed by atoms with E-state index in [-0.39, 0.29) is 44.2 Å². The molecule has 0 aliphatic heterocycles. The minimum absolute atomic E-state index is 0.0850. The maximum Gasteiger partial charge on any atom is 0.257 e. The third-order valence-corrected chi connectivity index (χ3v) is 5.89. The molecule has 0 bridgehead atoms. The van der Waals surface area contributed by atoms with Crippen molar-refractivity contribution in [1.29, 1.82) is 0 Å². The first-order chi connectivity index (χ1) is 14.9. The Morgan fingerprint density at radius 2 is 1.97 bits per heavy atom. The second kappa shape index (κ2) is 8.69. The monoisotopic (exact) mass is 458 g/mol. The van der Waals surface area contributed by atoms with Gasteiger partial charge in [-0.25, -0.2) is 9.97 Å². The number of benzene rings is 2. The average molecular weight is 459 g/mol. The van der Waals surface area contributed by atoms with Crippen molar-refractivity contribution in [3.8, 4) is 5.75 Å². The van der Waals surface area contributed by atoms with E-state index in [1.165, 1.54) is 6.33 Å². The topological polar surface area (TPSA) is 107 Å². The van der Waals surface area contributed by atoms with Crippen LogP contribution in [-0.4, -0.2) is 28.3 Å². The molecule has 0 spiro atoms. The Morgan fingerprint density at radius 1 is 1.19 bits per heavy atom. The van der Waals surface area contributed by atoms with Crippen LogP contribution in [0.4, 0.5) is 11.5 Å². The molecule has 1 aromatic heterocycles. The van der Waals surface area contributed by atoms with Gasteiger partial charge >= 0.3 is 0 Å². The maximum atomic E-state index is 13.1. The third kappa shape index (κ3) is 4.29. The number of amides is 1. The smallest absolute Gasteiger partial charge is 0.257 e. The van der Waals surface area contributed by atoms with Gasteiger partial charge in [-0.15, -0.1) is 0 Å². The van der Waals surface area contributed by atoms with Crippen LogP contribution in [0.5, 0.6) is 5.75 Å². The maximum absolute atomic E-state index is 13.1. The van der Waals surface area contributed by atoms with Gasteiger partial charge in [0.1, 0.15) is 22.9 Å². The molecule has 1 amide bonds. The molecule has 2 aromatic carbocycles. The lowest BCUT2D eigenvalue weighted by Crippen LogP contribution is -2.15. The zero-order valence-corrected chi connectivity index (χ0v) is 18.3. The molecule has 0 radical (unpaired) electrons. The lowest BCUT2D eigenvalue weighted by molar-refractivity contribution is 0.0973. The fourth-order valence-corrected chi connectivity index (χ4v) is 3.95. The van der Waals surface area contributed by atoms with Crippen molar-refractivity contribution in [2.75, 3.05) is 17.7 Å². The van der Waals surface area contributed by atoms with E-state index in [9.17, 15) is 9.59 Å². The van der Waals surface area contributed by atoms with Gasteiger partial charge in [0.05, 0.1) is 28.4 Å². The number of nitrogens with one attached hydrogen (secondary N) is 1. The molecule has 1 heterocycles. The van der Waals surface area contributed by atoms with E-state index in [1.54, 1.807) is 31.2 Å². The largest absolute Gasteiger partial charge is 0.492 e. The molecule has 1 saturated carbocycles. The quantitative estimate of drug-likeness (QED) is 0.473. The summed E-state index contributed by atoms with van der Waals surface area (Å²) in [6.07, 6.45) is 3.76. The van der Waals surface area contributed by atoms with E-state index in [2.05, 4.69) is 15.3 Å². The SMILES string of the molecule is CCOc1cc(C(=O)CC2CC2)c(Cl)c(NC(=O)c2cccc3c(N)ncnc23)c1Cl. The number of aromatic nitrogens is 2. The third-order valence-electron chi connectivity index (χ3n) is 5.12. The van der Waals surface area contributed by atoms with Gasteiger partial charge in [0, 0.05) is 17.4 Å². The fourth-order valence-electron chi connectivity index (χ4n) is 3.35. The standard InChI is InChI=1S/C22H20Cl2N4O3/c1-2-31-16-9-14(15(29)8-11-6-7-11)17(23)20(18(16)24)28-22(30)13-5-3-4-12-19(13)26-10-27-21(12)25/h3-5,9-11H,2,6-8H2,1H3,(H,28,30)(H2,25,26,27). The summed E-state index contributed by atoms with van der Waals surface area (Å²) in [7, 11) is 0. The van der Waals surface area contributed by atoms with Crippen molar-refractivity contribution in [1.82, 2.24) is 9.97 Å². The molecule has 1 aliphatic carbocycles. The summed E-state index contributed by atoms with van der Waals surface area (Å²) in [4.78, 5) is 34.0. The summed E-state index contributed by atoms with van der Waals surface area (Å²) < 4.78 is 5.59. The highest BCUT2D eigenvalue weighted by Crippen LogP contribution is 2.43. The molecule has 3 N–H and O–H groups in total. The van der Waals surface area contributed by atoms with Crippen molar-refractivity contribution in [3.05, 3.63) is 51.8 Å². The first-order valence-electron chi connectivity index (χ1n) is 9.89. The van der Waals surface area contributed by atoms with Gasteiger partial charge in [-0.05, 0) is 43.9 Å². The van der Waals surface area contributed by atoms with Gasteiger partial charge in [0.25, 0.3) is 5.91 Å². The van der Waals surface area contributed by atoms with Crippen molar-refractivity contribution < 1.29 is 14.3 Å². The number of halogens is 2. The Labute approximate surface area is 188 Å². The molecular weight excluding hydrogens is 439 g/mol. The van der Waals surface area contributed by atoms with Crippen LogP contribution < -0.4 is 15.8 Å². The molecule has 7 nitrogen and oxygen atoms in total. The summed E-state index contributed by atoms with van der Waals surface area (Å²) in [6.45, 7) is 2.14. The van der Waals surface area contributed by atoms with Crippen LogP contribution >= 0.6 is 23.2 Å². The molecule has 0 unspecified atom stereocenters. The van der Waals surface area contributed by atoms with E-state index in [0.717, 1.165) is 12.8 Å². The first kappa shape index (κ1) is 21.3. The minimum Gasteiger partial charge on any atom is -0.492 e. The zero-order valence-electron chi connectivity index (χ0n) is 16.7. The van der Waals surface area contributed by atoms with Gasteiger partial charge < -0.3 is 15.8 Å². The Balaban J connectivity index is 1.75. The molecule has 31 heavy (non-hydrogen) atoms. The summed E-state index contributed by atoms with van der Waals surface area (Å²) in [6, 6.07) is 6.56. The number of carbonyl (C=O) groups excluding carboxylic acids is 2. The average Bonchev–Trinajstić information content (AvgIpc) is 3.57. The van der Waals surface area contributed by atoms with Crippen LogP contribution in [0.25, 0.3) is 10.9 Å². The highest BCUT2D eigenvalue weighted by molar-refractivity contribution is 6.43. The number of carbonyl (C=O) groups is 2. The molecular formula is C22H20Cl2N4O3. The lowest BCUT2D eigenvalue weighted by atomic mass is 10.0. The number of para-hydroxylation sites is 1. The summed E-state index contributed by atoms with van der Waals surface area (Å²) in [5, 5.41) is 3.49. The predicted molar refractivity (Wildman–Crippen MR) is 121 cm³/mol. The Hall–Kier alpha value is -2.90. The van der Waals surface area contributed by atoms with E-state index < -0.39 is 5.91 Å². The first-order valence-corrected chi connectivity index (χ1v) is 10.6. The van der Waals surface area contributed by atoms with E-state index in [0.29, 0.717) is 29.8 Å². The highest BCUT2D eigenvalue weighted by Gasteiger charge is 2.28. The molecule has 4 rings (SSSR count). The highest BCUT2D eigenvalue weighted by atomic mass is 35.5.